The van der Waals surface area contributed by atoms with Gasteiger partial charge in [-0.1, -0.05) is 0 Å². The van der Waals surface area contributed by atoms with Crippen molar-refractivity contribution in [2.75, 3.05) is 11.6 Å². The van der Waals surface area contributed by atoms with Gasteiger partial charge < -0.3 is 10.6 Å². The molecule has 0 atom stereocenters. The number of carbonyl (C=O) groups is 2. The van der Waals surface area contributed by atoms with E-state index in [0.717, 1.165) is 26.9 Å². The van der Waals surface area contributed by atoms with E-state index in [2.05, 4.69) is 9.94 Å². The summed E-state index contributed by atoms with van der Waals surface area (Å²) in [5.41, 5.74) is 5.25. The molecule has 0 fully saturated rings. The predicted octanol–water partition coefficient (Wildman–Crippen LogP) is 3.68. The van der Waals surface area contributed by atoms with Gasteiger partial charge in [0.1, 0.15) is 12.1 Å². The number of nitrogens with zero attached hydrogens (tertiary/aromatic N) is 4. The lowest BCUT2D eigenvalue weighted by atomic mass is 9.96. The second-order valence-electron chi connectivity index (χ2n) is 8.51. The number of thiophene rings is 1. The van der Waals surface area contributed by atoms with E-state index in [1.807, 2.05) is 0 Å². The zero-order valence-electron chi connectivity index (χ0n) is 20.0. The van der Waals surface area contributed by atoms with Gasteiger partial charge in [0.2, 0.25) is 0 Å². The van der Waals surface area contributed by atoms with Crippen molar-refractivity contribution in [2.45, 2.75) is 39.0 Å². The van der Waals surface area contributed by atoms with Gasteiger partial charge >= 0.3 is 17.8 Å². The Morgan fingerprint density at radius 2 is 1.90 bits per heavy atom. The van der Waals surface area contributed by atoms with E-state index in [1.165, 1.54) is 19.1 Å². The van der Waals surface area contributed by atoms with Crippen molar-refractivity contribution in [1.82, 2.24) is 14.3 Å². The van der Waals surface area contributed by atoms with E-state index in [9.17, 15) is 40.7 Å². The smallest absolute Gasteiger partial charge is 0.327 e. The molecule has 4 rings (SSSR count). The summed E-state index contributed by atoms with van der Waals surface area (Å²) in [5.74, 6) is -4.02. The van der Waals surface area contributed by atoms with Gasteiger partial charge in [-0.3, -0.25) is 9.36 Å². The van der Waals surface area contributed by atoms with Gasteiger partial charge in [-0.05, 0) is 48.2 Å². The first-order valence-corrected chi connectivity index (χ1v) is 12.0. The number of carbonyl (C=O) groups excluding carboxylic acids is 2. The first kappa shape index (κ1) is 28.1. The fourth-order valence-electron chi connectivity index (χ4n) is 3.96. The van der Waals surface area contributed by atoms with E-state index in [4.69, 9.17) is 5.73 Å². The number of anilines is 1. The third-order valence-electron chi connectivity index (χ3n) is 5.83. The SMILES string of the molecule is Cc1cc(-c2cc(F)c(Cn3cnn(CC(CN)=C(F)F)c3=O)s2)cc2c1N(OC(=O)C(F)(F)F)C(=O)CC2. The van der Waals surface area contributed by atoms with Crippen LogP contribution in [-0.4, -0.2) is 38.9 Å². The van der Waals surface area contributed by atoms with Crippen molar-refractivity contribution in [3.63, 3.8) is 0 Å². The van der Waals surface area contributed by atoms with Crippen LogP contribution in [0.5, 0.6) is 0 Å². The number of aryl methyl sites for hydroxylation is 2. The Hall–Kier alpha value is -3.92. The highest BCUT2D eigenvalue weighted by Crippen LogP contribution is 2.39. The van der Waals surface area contributed by atoms with Crippen LogP contribution in [0.4, 0.5) is 32.0 Å². The van der Waals surface area contributed by atoms with Crippen molar-refractivity contribution in [3.8, 4) is 10.4 Å². The number of alkyl halides is 3. The molecule has 0 bridgehead atoms. The number of aromatic nitrogens is 3. The molecule has 208 valence electrons. The van der Waals surface area contributed by atoms with Crippen LogP contribution in [-0.2, 0) is 33.9 Å². The number of amides is 1. The molecule has 0 aliphatic carbocycles. The first-order chi connectivity index (χ1) is 18.3. The second kappa shape index (κ2) is 10.7. The molecule has 1 aromatic carbocycles. The molecule has 0 saturated carbocycles. The Kier molecular flexibility index (Phi) is 7.70. The number of fused-ring (bicyclic) bond motifs is 1. The Bertz CT molecular complexity index is 1540. The molecule has 1 amide bonds. The van der Waals surface area contributed by atoms with E-state index < -0.39 is 54.3 Å². The second-order valence-corrected chi connectivity index (χ2v) is 9.65. The van der Waals surface area contributed by atoms with Crippen LogP contribution >= 0.6 is 11.3 Å². The van der Waals surface area contributed by atoms with Crippen molar-refractivity contribution in [2.24, 2.45) is 5.73 Å². The fraction of sp³-hybridized carbons (Fsp3) is 0.304. The lowest BCUT2D eigenvalue weighted by Gasteiger charge is -2.29. The average Bonchev–Trinajstić information content (AvgIpc) is 3.40. The van der Waals surface area contributed by atoms with Gasteiger partial charge in [0.05, 0.1) is 23.7 Å². The molecule has 2 aromatic heterocycles. The highest BCUT2D eigenvalue weighted by Gasteiger charge is 2.44. The number of halogens is 6. The minimum absolute atomic E-state index is 0.000526. The quantitative estimate of drug-likeness (QED) is 0.431. The van der Waals surface area contributed by atoms with Gasteiger partial charge in [0.15, 0.2) is 0 Å². The summed E-state index contributed by atoms with van der Waals surface area (Å²) in [7, 11) is 0. The van der Waals surface area contributed by atoms with Crippen LogP contribution in [0, 0.1) is 12.7 Å². The maximum atomic E-state index is 14.8. The monoisotopic (exact) mass is 575 g/mol. The van der Waals surface area contributed by atoms with Gasteiger partial charge in [-0.15, -0.1) is 16.4 Å². The third kappa shape index (κ3) is 5.75. The molecular formula is C23H19F6N5O4S. The predicted molar refractivity (Wildman–Crippen MR) is 126 cm³/mol. The van der Waals surface area contributed by atoms with Crippen LogP contribution in [0.2, 0.25) is 0 Å². The molecule has 16 heteroatoms. The summed E-state index contributed by atoms with van der Waals surface area (Å²) >= 11 is 0.988. The van der Waals surface area contributed by atoms with Crippen LogP contribution in [0.3, 0.4) is 0 Å². The molecule has 9 nitrogen and oxygen atoms in total. The molecule has 3 heterocycles. The van der Waals surface area contributed by atoms with Crippen LogP contribution in [0.25, 0.3) is 10.4 Å². The van der Waals surface area contributed by atoms with Gasteiger partial charge in [-0.25, -0.2) is 18.7 Å². The average molecular weight is 575 g/mol. The third-order valence-corrected chi connectivity index (χ3v) is 6.97. The molecule has 39 heavy (non-hydrogen) atoms. The summed E-state index contributed by atoms with van der Waals surface area (Å²) < 4.78 is 80.5. The maximum Gasteiger partial charge on any atom is 0.493 e. The van der Waals surface area contributed by atoms with Crippen LogP contribution < -0.4 is 16.5 Å². The van der Waals surface area contributed by atoms with Crippen LogP contribution in [0.15, 0.2) is 41.0 Å². The van der Waals surface area contributed by atoms with Crippen LogP contribution in [0.1, 0.15) is 22.4 Å². The van der Waals surface area contributed by atoms with Gasteiger partial charge in [-0.2, -0.15) is 27.1 Å². The van der Waals surface area contributed by atoms with Crippen molar-refractivity contribution >= 4 is 28.9 Å². The van der Waals surface area contributed by atoms with Gasteiger partial charge in [0, 0.05) is 23.4 Å². The Balaban J connectivity index is 1.61. The molecule has 0 radical (unpaired) electrons. The summed E-state index contributed by atoms with van der Waals surface area (Å²) in [4.78, 5) is 41.0. The lowest BCUT2D eigenvalue weighted by molar-refractivity contribution is -0.201. The Labute approximate surface area is 219 Å². The van der Waals surface area contributed by atoms with Crippen molar-refractivity contribution in [1.29, 1.82) is 0 Å². The van der Waals surface area contributed by atoms with Crippen molar-refractivity contribution < 1.29 is 40.8 Å². The Morgan fingerprint density at radius 3 is 2.54 bits per heavy atom. The summed E-state index contributed by atoms with van der Waals surface area (Å²) in [6.45, 7) is 0.268. The zero-order chi connectivity index (χ0) is 28.6. The normalized spacial score (nSPS) is 13.4. The highest BCUT2D eigenvalue weighted by atomic mass is 32.1. The summed E-state index contributed by atoms with van der Waals surface area (Å²) in [6, 6.07) is 4.26. The van der Waals surface area contributed by atoms with Gasteiger partial charge in [0.25, 0.3) is 12.0 Å². The summed E-state index contributed by atoms with van der Waals surface area (Å²) in [6.07, 6.45) is -6.30. The molecule has 0 unspecified atom stereocenters. The lowest BCUT2D eigenvalue weighted by Crippen LogP contribution is -2.41. The number of hydroxylamine groups is 1. The number of benzene rings is 1. The number of rotatable bonds is 7. The standard InChI is InChI=1S/C23H19F6N5O4S/c1-11-4-13(5-12-2-3-18(35)34(19(11)12)38-21(36)23(27,28)29)16-6-15(24)17(39-16)9-32-10-31-33(22(32)37)8-14(7-30)20(25)26/h4-6,10H,2-3,7-9,30H2,1H3. The number of nitrogens with two attached hydrogens (primary N) is 1. The van der Waals surface area contributed by atoms with E-state index in [-0.39, 0.29) is 30.0 Å². The number of hydrogen-bond donors (Lipinski definition) is 1. The minimum Gasteiger partial charge on any atom is -0.327 e. The van der Waals surface area contributed by atoms with E-state index in [1.54, 1.807) is 6.07 Å². The molecule has 1 aliphatic rings. The molecule has 3 aromatic rings. The zero-order valence-corrected chi connectivity index (χ0v) is 20.8. The molecular weight excluding hydrogens is 556 g/mol. The fourth-order valence-corrected chi connectivity index (χ4v) is 4.98. The largest absolute Gasteiger partial charge is 0.493 e. The molecule has 1 aliphatic heterocycles. The summed E-state index contributed by atoms with van der Waals surface area (Å²) in [5, 5.41) is 4.10. The highest BCUT2D eigenvalue weighted by molar-refractivity contribution is 7.15. The molecule has 2 N–H and O–H groups in total. The number of hydrogen-bond acceptors (Lipinski definition) is 7. The van der Waals surface area contributed by atoms with Crippen molar-refractivity contribution in [3.05, 3.63) is 68.5 Å². The molecule has 0 spiro atoms. The Morgan fingerprint density at radius 1 is 1.18 bits per heavy atom. The minimum atomic E-state index is -5.30. The van der Waals surface area contributed by atoms with E-state index in [0.29, 0.717) is 26.6 Å². The maximum absolute atomic E-state index is 14.8. The molecule has 0 saturated heterocycles. The topological polar surface area (TPSA) is 112 Å². The van der Waals surface area contributed by atoms with E-state index >= 15 is 0 Å². The first-order valence-electron chi connectivity index (χ1n) is 11.2.